The molecule has 0 saturated heterocycles. The molecular formula is C9H10ClNOS. The molecule has 1 aliphatic carbocycles. The van der Waals surface area contributed by atoms with E-state index in [2.05, 4.69) is 5.32 Å². The minimum Gasteiger partial charge on any atom is -0.349 e. The van der Waals surface area contributed by atoms with Gasteiger partial charge in [-0.3, -0.25) is 4.79 Å². The van der Waals surface area contributed by atoms with Crippen LogP contribution in [0.2, 0.25) is 5.02 Å². The monoisotopic (exact) mass is 215 g/mol. The summed E-state index contributed by atoms with van der Waals surface area (Å²) in [6.45, 7) is 1.91. The molecule has 1 aromatic heterocycles. The van der Waals surface area contributed by atoms with Gasteiger partial charge in [0.2, 0.25) is 0 Å². The molecule has 0 aromatic carbocycles. The van der Waals surface area contributed by atoms with Gasteiger partial charge >= 0.3 is 0 Å². The van der Waals surface area contributed by atoms with Gasteiger partial charge < -0.3 is 5.32 Å². The van der Waals surface area contributed by atoms with E-state index in [1.807, 2.05) is 12.3 Å². The summed E-state index contributed by atoms with van der Waals surface area (Å²) in [6.07, 6.45) is 2.21. The Kier molecular flexibility index (Phi) is 2.30. The predicted molar refractivity (Wildman–Crippen MR) is 54.6 cm³/mol. The number of thiophene rings is 1. The van der Waals surface area contributed by atoms with Gasteiger partial charge in [0.15, 0.2) is 0 Å². The topological polar surface area (TPSA) is 29.1 Å². The highest BCUT2D eigenvalue weighted by Gasteiger charge is 2.25. The van der Waals surface area contributed by atoms with Crippen LogP contribution in [0, 0.1) is 6.92 Å². The van der Waals surface area contributed by atoms with Crippen LogP contribution in [0.5, 0.6) is 0 Å². The third kappa shape index (κ3) is 1.86. The van der Waals surface area contributed by atoms with Gasteiger partial charge in [-0.15, -0.1) is 11.3 Å². The van der Waals surface area contributed by atoms with Crippen molar-refractivity contribution in [1.82, 2.24) is 5.32 Å². The number of aryl methyl sites for hydroxylation is 1. The minimum absolute atomic E-state index is 0.0226. The van der Waals surface area contributed by atoms with E-state index in [4.69, 9.17) is 11.6 Å². The van der Waals surface area contributed by atoms with Crippen LogP contribution in [0.4, 0.5) is 0 Å². The fourth-order valence-corrected chi connectivity index (χ4v) is 2.24. The fraction of sp³-hybridized carbons (Fsp3) is 0.444. The van der Waals surface area contributed by atoms with Crippen molar-refractivity contribution in [1.29, 1.82) is 0 Å². The van der Waals surface area contributed by atoms with Crippen LogP contribution >= 0.6 is 22.9 Å². The molecular weight excluding hydrogens is 206 g/mol. The molecule has 1 N–H and O–H groups in total. The third-order valence-electron chi connectivity index (χ3n) is 2.02. The van der Waals surface area contributed by atoms with Crippen molar-refractivity contribution < 1.29 is 4.79 Å². The molecule has 2 nitrogen and oxygen atoms in total. The standard InChI is InChI=1S/C9H10ClNOS/c1-5-4-13-8(7(5)10)9(12)11-6-2-3-6/h4,6H,2-3H2,1H3,(H,11,12). The highest BCUT2D eigenvalue weighted by molar-refractivity contribution is 7.13. The van der Waals surface area contributed by atoms with Crippen molar-refractivity contribution in [2.45, 2.75) is 25.8 Å². The van der Waals surface area contributed by atoms with Crippen LogP contribution in [-0.4, -0.2) is 11.9 Å². The Bertz CT molecular complexity index is 343. The number of nitrogens with one attached hydrogen (secondary N) is 1. The van der Waals surface area contributed by atoms with Gasteiger partial charge in [0.25, 0.3) is 5.91 Å². The van der Waals surface area contributed by atoms with Crippen LogP contribution in [0.1, 0.15) is 28.1 Å². The molecule has 13 heavy (non-hydrogen) atoms. The highest BCUT2D eigenvalue weighted by atomic mass is 35.5. The van der Waals surface area contributed by atoms with E-state index in [9.17, 15) is 4.79 Å². The summed E-state index contributed by atoms with van der Waals surface area (Å²) in [4.78, 5) is 12.2. The van der Waals surface area contributed by atoms with Crippen molar-refractivity contribution in [2.24, 2.45) is 0 Å². The Morgan fingerprint density at radius 2 is 2.38 bits per heavy atom. The zero-order valence-corrected chi connectivity index (χ0v) is 8.84. The molecule has 70 valence electrons. The number of rotatable bonds is 2. The summed E-state index contributed by atoms with van der Waals surface area (Å²) in [5.74, 6) is -0.0226. The lowest BCUT2D eigenvalue weighted by molar-refractivity contribution is 0.0955. The largest absolute Gasteiger partial charge is 0.349 e. The molecule has 0 unspecified atom stereocenters. The molecule has 4 heteroatoms. The molecule has 1 heterocycles. The molecule has 1 aliphatic rings. The van der Waals surface area contributed by atoms with Crippen molar-refractivity contribution in [3.05, 3.63) is 20.8 Å². The van der Waals surface area contributed by atoms with Crippen LogP contribution in [-0.2, 0) is 0 Å². The summed E-state index contributed by atoms with van der Waals surface area (Å²) < 4.78 is 0. The summed E-state index contributed by atoms with van der Waals surface area (Å²) in [5, 5.41) is 5.42. The smallest absolute Gasteiger partial charge is 0.263 e. The summed E-state index contributed by atoms with van der Waals surface area (Å²) in [6, 6.07) is 0.394. The first-order valence-electron chi connectivity index (χ1n) is 4.23. The number of amides is 1. The van der Waals surface area contributed by atoms with Gasteiger partial charge in [0, 0.05) is 6.04 Å². The van der Waals surface area contributed by atoms with Crippen LogP contribution in [0.3, 0.4) is 0 Å². The molecule has 1 fully saturated rings. The summed E-state index contributed by atoms with van der Waals surface area (Å²) in [5.41, 5.74) is 0.979. The summed E-state index contributed by atoms with van der Waals surface area (Å²) >= 11 is 7.37. The van der Waals surface area contributed by atoms with Crippen molar-refractivity contribution >= 4 is 28.8 Å². The van der Waals surface area contributed by atoms with Gasteiger partial charge in [0.05, 0.1) is 5.02 Å². The normalized spacial score (nSPS) is 15.8. The minimum atomic E-state index is -0.0226. The van der Waals surface area contributed by atoms with Crippen molar-refractivity contribution in [3.63, 3.8) is 0 Å². The van der Waals surface area contributed by atoms with E-state index in [0.29, 0.717) is 15.9 Å². The maximum atomic E-state index is 11.5. The van der Waals surface area contributed by atoms with E-state index in [1.54, 1.807) is 0 Å². The number of hydrogen-bond donors (Lipinski definition) is 1. The van der Waals surface area contributed by atoms with Gasteiger partial charge in [-0.25, -0.2) is 0 Å². The maximum absolute atomic E-state index is 11.5. The van der Waals surface area contributed by atoms with Crippen LogP contribution in [0.15, 0.2) is 5.38 Å². The van der Waals surface area contributed by atoms with Crippen molar-refractivity contribution in [2.75, 3.05) is 0 Å². The highest BCUT2D eigenvalue weighted by Crippen LogP contribution is 2.28. The molecule has 2 rings (SSSR count). The Hall–Kier alpha value is -0.540. The molecule has 0 atom stereocenters. The van der Waals surface area contributed by atoms with Gasteiger partial charge in [0.1, 0.15) is 4.88 Å². The first-order valence-corrected chi connectivity index (χ1v) is 5.48. The van der Waals surface area contributed by atoms with Gasteiger partial charge in [-0.05, 0) is 30.7 Å². The quantitative estimate of drug-likeness (QED) is 0.808. The second-order valence-electron chi connectivity index (χ2n) is 3.31. The molecule has 0 radical (unpaired) electrons. The number of hydrogen-bond acceptors (Lipinski definition) is 2. The Morgan fingerprint density at radius 3 is 2.85 bits per heavy atom. The molecule has 0 aliphatic heterocycles. The first kappa shape index (κ1) is 9.03. The second-order valence-corrected chi connectivity index (χ2v) is 4.57. The zero-order valence-electron chi connectivity index (χ0n) is 7.26. The van der Waals surface area contributed by atoms with E-state index in [-0.39, 0.29) is 5.91 Å². The second kappa shape index (κ2) is 3.31. The number of halogens is 1. The summed E-state index contributed by atoms with van der Waals surface area (Å²) in [7, 11) is 0. The number of carbonyl (C=O) groups excluding carboxylic acids is 1. The number of carbonyl (C=O) groups is 1. The fourth-order valence-electron chi connectivity index (χ4n) is 1.06. The Balaban J connectivity index is 2.14. The lowest BCUT2D eigenvalue weighted by Crippen LogP contribution is -2.24. The van der Waals surface area contributed by atoms with Crippen molar-refractivity contribution in [3.8, 4) is 0 Å². The molecule has 1 amide bonds. The average molecular weight is 216 g/mol. The third-order valence-corrected chi connectivity index (χ3v) is 3.71. The Labute approximate surface area is 85.9 Å². The lowest BCUT2D eigenvalue weighted by atomic mass is 10.3. The lowest BCUT2D eigenvalue weighted by Gasteiger charge is -2.00. The molecule has 0 bridgehead atoms. The molecule has 0 spiro atoms. The Morgan fingerprint density at radius 1 is 1.69 bits per heavy atom. The van der Waals surface area contributed by atoms with Crippen LogP contribution < -0.4 is 5.32 Å². The average Bonchev–Trinajstić information content (AvgIpc) is 2.82. The maximum Gasteiger partial charge on any atom is 0.263 e. The van der Waals surface area contributed by atoms with Gasteiger partial charge in [-0.2, -0.15) is 0 Å². The van der Waals surface area contributed by atoms with E-state index in [0.717, 1.165) is 18.4 Å². The van der Waals surface area contributed by atoms with Gasteiger partial charge in [-0.1, -0.05) is 11.6 Å². The SMILES string of the molecule is Cc1csc(C(=O)NC2CC2)c1Cl. The predicted octanol–water partition coefficient (Wildman–Crippen LogP) is 2.60. The van der Waals surface area contributed by atoms with Crippen LogP contribution in [0.25, 0.3) is 0 Å². The van der Waals surface area contributed by atoms with E-state index >= 15 is 0 Å². The first-order chi connectivity index (χ1) is 6.18. The zero-order chi connectivity index (χ0) is 9.42. The van der Waals surface area contributed by atoms with E-state index < -0.39 is 0 Å². The van der Waals surface area contributed by atoms with E-state index in [1.165, 1.54) is 11.3 Å². The molecule has 1 saturated carbocycles. The molecule has 1 aromatic rings.